The van der Waals surface area contributed by atoms with Gasteiger partial charge < -0.3 is 9.80 Å². The highest BCUT2D eigenvalue weighted by Crippen LogP contribution is 2.27. The zero-order valence-electron chi connectivity index (χ0n) is 10.6. The molecule has 1 aromatic rings. The number of piperazine rings is 1. The summed E-state index contributed by atoms with van der Waals surface area (Å²) in [5.41, 5.74) is -1.02. The minimum absolute atomic E-state index is 0.141. The van der Waals surface area contributed by atoms with E-state index in [9.17, 15) is 18.0 Å². The molecule has 5 nitrogen and oxygen atoms in total. The van der Waals surface area contributed by atoms with Gasteiger partial charge in [-0.25, -0.2) is 9.97 Å². The van der Waals surface area contributed by atoms with Crippen molar-refractivity contribution in [3.8, 4) is 0 Å². The molecule has 20 heavy (non-hydrogen) atoms. The highest BCUT2D eigenvalue weighted by Gasteiger charge is 2.33. The van der Waals surface area contributed by atoms with E-state index in [1.54, 1.807) is 4.90 Å². The van der Waals surface area contributed by atoms with Crippen LogP contribution in [0.4, 0.5) is 23.8 Å². The van der Waals surface area contributed by atoms with Crippen LogP contribution < -0.4 is 4.90 Å². The van der Waals surface area contributed by atoms with E-state index < -0.39 is 17.2 Å². The van der Waals surface area contributed by atoms with E-state index in [-0.39, 0.29) is 6.04 Å². The predicted octanol–water partition coefficient (Wildman–Crippen LogP) is 2.36. The minimum atomic E-state index is -4.50. The molecule has 0 N–H and O–H groups in total. The topological polar surface area (TPSA) is 49.3 Å². The maximum absolute atomic E-state index is 12.4. The number of nitrogens with zero attached hydrogens (tertiary/aromatic N) is 4. The molecule has 1 aromatic heterocycles. The van der Waals surface area contributed by atoms with Gasteiger partial charge in [-0.1, -0.05) is 0 Å². The van der Waals surface area contributed by atoms with Gasteiger partial charge in [-0.2, -0.15) is 13.2 Å². The Kier molecular flexibility index (Phi) is 4.03. The lowest BCUT2D eigenvalue weighted by Gasteiger charge is -2.39. The normalized spacial score (nSPS) is 20.1. The molecule has 1 aliphatic heterocycles. The predicted molar refractivity (Wildman–Crippen MR) is 66.7 cm³/mol. The van der Waals surface area contributed by atoms with Crippen molar-refractivity contribution in [3.05, 3.63) is 18.1 Å². The summed E-state index contributed by atoms with van der Waals surface area (Å²) in [6, 6.07) is -0.141. The fourth-order valence-electron chi connectivity index (χ4n) is 2.06. The van der Waals surface area contributed by atoms with Crippen molar-refractivity contribution in [1.82, 2.24) is 14.9 Å². The monoisotopic (exact) mass is 308 g/mol. The Morgan fingerprint density at radius 1 is 1.35 bits per heavy atom. The molecular weight excluding hydrogens is 297 g/mol. The Hall–Kier alpha value is -1.57. The summed E-state index contributed by atoms with van der Waals surface area (Å²) < 4.78 is 37.2. The van der Waals surface area contributed by atoms with Gasteiger partial charge in [-0.3, -0.25) is 4.79 Å². The van der Waals surface area contributed by atoms with Gasteiger partial charge in [0.2, 0.25) is 0 Å². The first-order chi connectivity index (χ1) is 9.29. The lowest BCUT2D eigenvalue weighted by Crippen LogP contribution is -2.53. The van der Waals surface area contributed by atoms with Gasteiger partial charge in [0.1, 0.15) is 5.82 Å². The molecule has 1 atom stereocenters. The highest BCUT2D eigenvalue weighted by molar-refractivity contribution is 6.62. The van der Waals surface area contributed by atoms with E-state index in [4.69, 9.17) is 11.6 Å². The van der Waals surface area contributed by atoms with E-state index in [2.05, 4.69) is 9.97 Å². The van der Waals surface area contributed by atoms with Crippen LogP contribution >= 0.6 is 11.6 Å². The van der Waals surface area contributed by atoms with Crippen LogP contribution in [0.2, 0.25) is 0 Å². The fourth-order valence-corrected chi connectivity index (χ4v) is 2.31. The largest absolute Gasteiger partial charge is 0.434 e. The molecule has 0 saturated carbocycles. The molecule has 1 fully saturated rings. The summed E-state index contributed by atoms with van der Waals surface area (Å²) in [5.74, 6) is 0.353. The minimum Gasteiger partial charge on any atom is -0.352 e. The van der Waals surface area contributed by atoms with Crippen LogP contribution in [0, 0.1) is 0 Å². The molecule has 0 unspecified atom stereocenters. The number of hydrogen-bond acceptors (Lipinski definition) is 4. The van der Waals surface area contributed by atoms with Crippen LogP contribution in [0.15, 0.2) is 12.4 Å². The number of aromatic nitrogens is 2. The van der Waals surface area contributed by atoms with Gasteiger partial charge >= 0.3 is 11.5 Å². The molecule has 0 aliphatic carbocycles. The smallest absolute Gasteiger partial charge is 0.352 e. The van der Waals surface area contributed by atoms with Crippen molar-refractivity contribution in [1.29, 1.82) is 0 Å². The Morgan fingerprint density at radius 3 is 2.50 bits per heavy atom. The molecule has 1 saturated heterocycles. The Labute approximate surface area is 118 Å². The summed E-state index contributed by atoms with van der Waals surface area (Å²) in [6.45, 7) is 3.09. The van der Waals surface area contributed by atoms with Crippen molar-refractivity contribution < 1.29 is 18.0 Å². The maximum atomic E-state index is 12.4. The number of anilines is 1. The summed E-state index contributed by atoms with van der Waals surface area (Å²) in [5, 5.41) is -0.532. The molecule has 2 rings (SSSR count). The first-order valence-electron chi connectivity index (χ1n) is 5.89. The number of halogens is 4. The third-order valence-electron chi connectivity index (χ3n) is 3.11. The zero-order chi connectivity index (χ0) is 14.9. The van der Waals surface area contributed by atoms with Gasteiger partial charge in [0.15, 0.2) is 5.69 Å². The van der Waals surface area contributed by atoms with Gasteiger partial charge in [-0.15, -0.1) is 0 Å². The highest BCUT2D eigenvalue weighted by atomic mass is 35.5. The molecule has 0 radical (unpaired) electrons. The molecular formula is C11H12ClF3N4O. The quantitative estimate of drug-likeness (QED) is 0.590. The maximum Gasteiger partial charge on any atom is 0.434 e. The van der Waals surface area contributed by atoms with Crippen molar-refractivity contribution in [2.75, 3.05) is 24.5 Å². The lowest BCUT2D eigenvalue weighted by molar-refractivity contribution is -0.141. The summed E-state index contributed by atoms with van der Waals surface area (Å²) in [4.78, 5) is 21.5. The van der Waals surface area contributed by atoms with Crippen molar-refractivity contribution in [3.63, 3.8) is 0 Å². The second-order valence-corrected chi connectivity index (χ2v) is 4.82. The number of carbonyl (C=O) groups is 1. The van der Waals surface area contributed by atoms with Crippen molar-refractivity contribution >= 4 is 22.8 Å². The molecule has 0 spiro atoms. The van der Waals surface area contributed by atoms with Gasteiger partial charge in [0, 0.05) is 25.7 Å². The van der Waals surface area contributed by atoms with Gasteiger partial charge in [0.25, 0.3) is 0 Å². The van der Waals surface area contributed by atoms with Gasteiger partial charge in [0.05, 0.1) is 12.4 Å². The third kappa shape index (κ3) is 3.12. The fraction of sp³-hybridized carbons (Fsp3) is 0.545. The van der Waals surface area contributed by atoms with E-state index >= 15 is 0 Å². The van der Waals surface area contributed by atoms with E-state index in [0.717, 1.165) is 6.20 Å². The zero-order valence-corrected chi connectivity index (χ0v) is 11.3. The standard InChI is InChI=1S/C11H12ClF3N4O/c1-7-6-18(2-3-19(7)10(12)20)9-5-16-8(4-17-9)11(13,14)15/h4-5,7H,2-3,6H2,1H3/t7-/m1/s1. The average molecular weight is 309 g/mol. The summed E-state index contributed by atoms with van der Waals surface area (Å²) in [7, 11) is 0. The molecule has 0 aromatic carbocycles. The number of carbonyl (C=O) groups excluding carboxylic acids is 1. The second-order valence-electron chi connectivity index (χ2n) is 4.50. The van der Waals surface area contributed by atoms with Crippen LogP contribution in [-0.2, 0) is 6.18 Å². The van der Waals surface area contributed by atoms with Crippen LogP contribution in [0.3, 0.4) is 0 Å². The number of rotatable bonds is 1. The van der Waals surface area contributed by atoms with Crippen LogP contribution in [0.5, 0.6) is 0 Å². The van der Waals surface area contributed by atoms with Crippen LogP contribution in [0.25, 0.3) is 0 Å². The molecule has 0 bridgehead atoms. The molecule has 1 amide bonds. The van der Waals surface area contributed by atoms with E-state index in [1.807, 2.05) is 6.92 Å². The molecule has 110 valence electrons. The second kappa shape index (κ2) is 5.43. The van der Waals surface area contributed by atoms with E-state index in [0.29, 0.717) is 31.6 Å². The van der Waals surface area contributed by atoms with Crippen molar-refractivity contribution in [2.24, 2.45) is 0 Å². The van der Waals surface area contributed by atoms with Crippen molar-refractivity contribution in [2.45, 2.75) is 19.1 Å². The summed E-state index contributed by atoms with van der Waals surface area (Å²) in [6.07, 6.45) is -2.70. The number of alkyl halides is 3. The van der Waals surface area contributed by atoms with E-state index in [1.165, 1.54) is 4.90 Å². The van der Waals surface area contributed by atoms with Gasteiger partial charge in [-0.05, 0) is 18.5 Å². The Bertz CT molecular complexity index is 493. The molecule has 9 heteroatoms. The van der Waals surface area contributed by atoms with Crippen LogP contribution in [0.1, 0.15) is 12.6 Å². The average Bonchev–Trinajstić information content (AvgIpc) is 2.37. The third-order valence-corrected chi connectivity index (χ3v) is 3.32. The lowest BCUT2D eigenvalue weighted by atomic mass is 10.2. The number of hydrogen-bond donors (Lipinski definition) is 0. The SMILES string of the molecule is C[C@@H]1CN(c2cnc(C(F)(F)F)cn2)CCN1C(=O)Cl. The summed E-state index contributed by atoms with van der Waals surface area (Å²) >= 11 is 5.43. The Balaban J connectivity index is 2.08. The first-order valence-corrected chi connectivity index (χ1v) is 6.27. The Morgan fingerprint density at radius 2 is 2.05 bits per heavy atom. The molecule has 1 aliphatic rings. The van der Waals surface area contributed by atoms with Crippen LogP contribution in [-0.4, -0.2) is 45.9 Å². The molecule has 2 heterocycles. The first kappa shape index (κ1) is 14.8. The number of amides is 1.